The molecule has 0 aromatic heterocycles. The highest BCUT2D eigenvalue weighted by Crippen LogP contribution is 2.29. The van der Waals surface area contributed by atoms with Crippen molar-refractivity contribution in [2.24, 2.45) is 0 Å². The molecule has 0 spiro atoms. The van der Waals surface area contributed by atoms with Crippen molar-refractivity contribution in [3.8, 4) is 16.9 Å². The number of ether oxygens (including phenoxy) is 1. The fourth-order valence-corrected chi connectivity index (χ4v) is 2.66. The van der Waals surface area contributed by atoms with Gasteiger partial charge in [0.1, 0.15) is 5.75 Å². The molecule has 0 saturated carbocycles. The summed E-state index contributed by atoms with van der Waals surface area (Å²) in [7, 11) is 0. The van der Waals surface area contributed by atoms with Gasteiger partial charge in [-0.3, -0.25) is 0 Å². The van der Waals surface area contributed by atoms with Crippen molar-refractivity contribution in [3.63, 3.8) is 0 Å². The van der Waals surface area contributed by atoms with Crippen molar-refractivity contribution < 1.29 is 14.6 Å². The summed E-state index contributed by atoms with van der Waals surface area (Å²) in [6.45, 7) is 1.79. The maximum absolute atomic E-state index is 11.0. The summed E-state index contributed by atoms with van der Waals surface area (Å²) in [5.74, 6) is -0.367. The number of hydrogen-bond donors (Lipinski definition) is 1. The van der Waals surface area contributed by atoms with E-state index >= 15 is 0 Å². The van der Waals surface area contributed by atoms with E-state index in [9.17, 15) is 4.79 Å². The average Bonchev–Trinajstić information content (AvgIpc) is 2.59. The van der Waals surface area contributed by atoms with Crippen molar-refractivity contribution in [1.82, 2.24) is 0 Å². The van der Waals surface area contributed by atoms with Gasteiger partial charge < -0.3 is 9.84 Å². The Hall–Kier alpha value is -2.81. The predicted molar refractivity (Wildman–Crippen MR) is 91.7 cm³/mol. The number of rotatable bonds is 5. The summed E-state index contributed by atoms with van der Waals surface area (Å²) < 4.78 is 5.50. The summed E-state index contributed by atoms with van der Waals surface area (Å²) in [5, 5.41) is 11.5. The monoisotopic (exact) mass is 306 g/mol. The van der Waals surface area contributed by atoms with E-state index in [-0.39, 0.29) is 0 Å². The van der Waals surface area contributed by atoms with Crippen LogP contribution in [0.3, 0.4) is 0 Å². The molecule has 3 aromatic carbocycles. The van der Waals surface area contributed by atoms with Crippen molar-refractivity contribution in [2.75, 3.05) is 0 Å². The number of carboxylic acid groups (broad SMARTS) is 1. The van der Waals surface area contributed by atoms with E-state index in [1.165, 1.54) is 10.8 Å². The largest absolute Gasteiger partial charge is 0.479 e. The van der Waals surface area contributed by atoms with E-state index in [2.05, 4.69) is 24.3 Å². The summed E-state index contributed by atoms with van der Waals surface area (Å²) in [4.78, 5) is 11.0. The molecule has 116 valence electrons. The minimum absolute atomic E-state index is 0.431. The predicted octanol–water partition coefficient (Wildman–Crippen LogP) is 4.75. The van der Waals surface area contributed by atoms with E-state index in [1.807, 2.05) is 42.5 Å². The maximum atomic E-state index is 11.0. The van der Waals surface area contributed by atoms with Crippen LogP contribution in [0.5, 0.6) is 5.75 Å². The van der Waals surface area contributed by atoms with Crippen LogP contribution in [0.4, 0.5) is 0 Å². The Labute approximate surface area is 135 Å². The topological polar surface area (TPSA) is 46.5 Å². The van der Waals surface area contributed by atoms with Gasteiger partial charge in [0.15, 0.2) is 6.10 Å². The molecule has 0 saturated heterocycles. The minimum atomic E-state index is -0.939. The molecular formula is C20H18O3. The SMILES string of the molecule is CC[C@@H](Oc1ccc(-c2cccc3ccccc23)cc1)C(=O)O. The number of carboxylic acids is 1. The molecule has 0 fully saturated rings. The van der Waals surface area contributed by atoms with Gasteiger partial charge in [0, 0.05) is 0 Å². The Kier molecular flexibility index (Phi) is 4.29. The normalized spacial score (nSPS) is 12.0. The number of aliphatic carboxylic acids is 1. The second kappa shape index (κ2) is 6.53. The zero-order valence-corrected chi connectivity index (χ0v) is 12.9. The van der Waals surface area contributed by atoms with Crippen molar-refractivity contribution in [1.29, 1.82) is 0 Å². The molecule has 3 rings (SSSR count). The zero-order valence-electron chi connectivity index (χ0n) is 12.9. The van der Waals surface area contributed by atoms with Crippen LogP contribution >= 0.6 is 0 Å². The molecule has 0 aliphatic rings. The summed E-state index contributed by atoms with van der Waals surface area (Å²) in [5.41, 5.74) is 2.23. The lowest BCUT2D eigenvalue weighted by molar-refractivity contribution is -0.145. The van der Waals surface area contributed by atoms with Crippen LogP contribution in [-0.2, 0) is 4.79 Å². The van der Waals surface area contributed by atoms with Gasteiger partial charge in [0.05, 0.1) is 0 Å². The molecule has 0 aliphatic heterocycles. The van der Waals surface area contributed by atoms with Crippen molar-refractivity contribution >= 4 is 16.7 Å². The van der Waals surface area contributed by atoms with Crippen LogP contribution in [0.15, 0.2) is 66.7 Å². The van der Waals surface area contributed by atoms with Crippen molar-refractivity contribution in [2.45, 2.75) is 19.4 Å². The van der Waals surface area contributed by atoms with Crippen LogP contribution in [0.1, 0.15) is 13.3 Å². The van der Waals surface area contributed by atoms with Gasteiger partial charge in [-0.1, -0.05) is 61.5 Å². The number of benzene rings is 3. The Morgan fingerprint density at radius 3 is 2.39 bits per heavy atom. The Bertz CT molecular complexity index is 816. The number of fused-ring (bicyclic) bond motifs is 1. The Morgan fingerprint density at radius 2 is 1.70 bits per heavy atom. The quantitative estimate of drug-likeness (QED) is 0.740. The molecule has 1 N–H and O–H groups in total. The van der Waals surface area contributed by atoms with Crippen LogP contribution in [0.2, 0.25) is 0 Å². The highest BCUT2D eigenvalue weighted by Gasteiger charge is 2.16. The maximum Gasteiger partial charge on any atom is 0.344 e. The van der Waals surface area contributed by atoms with Gasteiger partial charge in [-0.2, -0.15) is 0 Å². The van der Waals surface area contributed by atoms with E-state index in [0.29, 0.717) is 12.2 Å². The highest BCUT2D eigenvalue weighted by atomic mass is 16.5. The van der Waals surface area contributed by atoms with Crippen LogP contribution in [0.25, 0.3) is 21.9 Å². The van der Waals surface area contributed by atoms with Crippen LogP contribution < -0.4 is 4.74 Å². The first-order valence-electron chi connectivity index (χ1n) is 7.66. The molecular weight excluding hydrogens is 288 g/mol. The Morgan fingerprint density at radius 1 is 1.00 bits per heavy atom. The van der Waals surface area contributed by atoms with E-state index < -0.39 is 12.1 Å². The summed E-state index contributed by atoms with van der Waals surface area (Å²) in [6.07, 6.45) is -0.376. The number of hydrogen-bond acceptors (Lipinski definition) is 2. The van der Waals surface area contributed by atoms with Crippen molar-refractivity contribution in [3.05, 3.63) is 66.7 Å². The van der Waals surface area contributed by atoms with Gasteiger partial charge in [0.2, 0.25) is 0 Å². The Balaban J connectivity index is 1.91. The molecule has 23 heavy (non-hydrogen) atoms. The first-order chi connectivity index (χ1) is 11.2. The second-order valence-electron chi connectivity index (χ2n) is 5.40. The molecule has 1 atom stereocenters. The fourth-order valence-electron chi connectivity index (χ4n) is 2.66. The van der Waals surface area contributed by atoms with Gasteiger partial charge in [-0.15, -0.1) is 0 Å². The minimum Gasteiger partial charge on any atom is -0.479 e. The first-order valence-corrected chi connectivity index (χ1v) is 7.66. The lowest BCUT2D eigenvalue weighted by atomic mass is 9.98. The third-order valence-electron chi connectivity index (χ3n) is 3.88. The lowest BCUT2D eigenvalue weighted by Gasteiger charge is -2.13. The molecule has 0 aliphatic carbocycles. The molecule has 3 nitrogen and oxygen atoms in total. The molecule has 0 bridgehead atoms. The van der Waals surface area contributed by atoms with Gasteiger partial charge >= 0.3 is 5.97 Å². The van der Waals surface area contributed by atoms with E-state index in [0.717, 1.165) is 11.1 Å². The smallest absolute Gasteiger partial charge is 0.344 e. The molecule has 0 amide bonds. The highest BCUT2D eigenvalue weighted by molar-refractivity contribution is 5.96. The van der Waals surface area contributed by atoms with Gasteiger partial charge in [-0.05, 0) is 40.5 Å². The van der Waals surface area contributed by atoms with Crippen LogP contribution in [0, 0.1) is 0 Å². The van der Waals surface area contributed by atoms with Gasteiger partial charge in [0.25, 0.3) is 0 Å². The summed E-state index contributed by atoms with van der Waals surface area (Å²) >= 11 is 0. The molecule has 0 radical (unpaired) electrons. The first kappa shape index (κ1) is 15.1. The standard InChI is InChI=1S/C20H18O3/c1-2-19(20(21)22)23-16-12-10-15(11-13-16)18-9-5-7-14-6-3-4-8-17(14)18/h3-13,19H,2H2,1H3,(H,21,22)/t19-/m1/s1. The summed E-state index contributed by atoms with van der Waals surface area (Å²) in [6, 6.07) is 22.0. The second-order valence-corrected chi connectivity index (χ2v) is 5.40. The molecule has 0 heterocycles. The van der Waals surface area contributed by atoms with E-state index in [1.54, 1.807) is 6.92 Å². The lowest BCUT2D eigenvalue weighted by Crippen LogP contribution is -2.25. The molecule has 3 heteroatoms. The van der Waals surface area contributed by atoms with Gasteiger partial charge in [-0.25, -0.2) is 4.79 Å². The van der Waals surface area contributed by atoms with E-state index in [4.69, 9.17) is 9.84 Å². The third-order valence-corrected chi connectivity index (χ3v) is 3.88. The zero-order chi connectivity index (χ0) is 16.2. The number of carbonyl (C=O) groups is 1. The molecule has 0 unspecified atom stereocenters. The molecule has 3 aromatic rings. The average molecular weight is 306 g/mol. The fraction of sp³-hybridized carbons (Fsp3) is 0.150. The van der Waals surface area contributed by atoms with Crippen LogP contribution in [-0.4, -0.2) is 17.2 Å². The third kappa shape index (κ3) is 3.19.